The summed E-state index contributed by atoms with van der Waals surface area (Å²) in [5.74, 6) is 0.800. The number of allylic oxidation sites excluding steroid dienone is 1. The Kier molecular flexibility index (Phi) is 4.31. The summed E-state index contributed by atoms with van der Waals surface area (Å²) in [5.41, 5.74) is 0.318. The fourth-order valence-corrected chi connectivity index (χ4v) is 2.25. The molecule has 0 saturated heterocycles. The highest BCUT2D eigenvalue weighted by molar-refractivity contribution is 6.32. The van der Waals surface area contributed by atoms with Gasteiger partial charge in [0, 0.05) is 11.6 Å². The zero-order valence-corrected chi connectivity index (χ0v) is 12.9. The van der Waals surface area contributed by atoms with Crippen LogP contribution in [0.2, 0.25) is 5.02 Å². The smallest absolute Gasteiger partial charge is 0.288 e. The van der Waals surface area contributed by atoms with Crippen LogP contribution in [0.1, 0.15) is 16.3 Å². The molecule has 0 spiro atoms. The molecule has 0 N–H and O–H groups in total. The van der Waals surface area contributed by atoms with E-state index in [4.69, 9.17) is 20.4 Å². The molecule has 0 aliphatic heterocycles. The molecule has 1 aromatic carbocycles. The van der Waals surface area contributed by atoms with Gasteiger partial charge in [0.15, 0.2) is 5.76 Å². The van der Waals surface area contributed by atoms with Crippen LogP contribution in [0.5, 0.6) is 0 Å². The van der Waals surface area contributed by atoms with Crippen molar-refractivity contribution in [1.29, 1.82) is 0 Å². The Balaban J connectivity index is 1.82. The number of nitro benzene ring substituents is 1. The highest BCUT2D eigenvalue weighted by atomic mass is 35.5. The van der Waals surface area contributed by atoms with E-state index in [2.05, 4.69) is 0 Å². The van der Waals surface area contributed by atoms with Crippen LogP contribution in [-0.4, -0.2) is 10.7 Å². The summed E-state index contributed by atoms with van der Waals surface area (Å²) in [4.78, 5) is 22.2. The van der Waals surface area contributed by atoms with Crippen molar-refractivity contribution in [1.82, 2.24) is 0 Å². The Labute approximate surface area is 141 Å². The van der Waals surface area contributed by atoms with Crippen LogP contribution in [0.4, 0.5) is 5.69 Å². The van der Waals surface area contributed by atoms with Crippen LogP contribution in [0.25, 0.3) is 17.4 Å². The maximum Gasteiger partial charge on any atom is 0.288 e. The molecule has 2 heterocycles. The molecule has 24 heavy (non-hydrogen) atoms. The second-order valence-electron chi connectivity index (χ2n) is 4.80. The first-order chi connectivity index (χ1) is 11.5. The summed E-state index contributed by atoms with van der Waals surface area (Å²) in [5, 5.41) is 11.0. The molecule has 0 atom stereocenters. The molecule has 0 aliphatic rings. The molecule has 0 fully saturated rings. The van der Waals surface area contributed by atoms with Crippen molar-refractivity contribution in [3.8, 4) is 11.3 Å². The summed E-state index contributed by atoms with van der Waals surface area (Å²) in [7, 11) is 0. The van der Waals surface area contributed by atoms with E-state index in [1.807, 2.05) is 0 Å². The fraction of sp³-hybridized carbons (Fsp3) is 0. The molecule has 7 heteroatoms. The molecule has 0 bridgehead atoms. The van der Waals surface area contributed by atoms with Crippen LogP contribution < -0.4 is 0 Å². The Hall–Kier alpha value is -3.12. The van der Waals surface area contributed by atoms with Gasteiger partial charge in [-0.1, -0.05) is 11.6 Å². The summed E-state index contributed by atoms with van der Waals surface area (Å²) < 4.78 is 10.6. The molecule has 3 rings (SSSR count). The molecular weight excluding hydrogens is 334 g/mol. The second kappa shape index (κ2) is 6.55. The maximum atomic E-state index is 11.8. The highest BCUT2D eigenvalue weighted by Crippen LogP contribution is 2.31. The van der Waals surface area contributed by atoms with Gasteiger partial charge in [0.25, 0.3) is 5.69 Å². The predicted octanol–water partition coefficient (Wildman–Crippen LogP) is 5.00. The Morgan fingerprint density at radius 3 is 2.75 bits per heavy atom. The van der Waals surface area contributed by atoms with Crippen LogP contribution in [0.15, 0.2) is 63.6 Å². The third-order valence-electron chi connectivity index (χ3n) is 3.22. The number of hydrogen-bond acceptors (Lipinski definition) is 5. The molecule has 0 amide bonds. The molecule has 120 valence electrons. The zero-order chi connectivity index (χ0) is 17.1. The van der Waals surface area contributed by atoms with E-state index in [0.717, 1.165) is 0 Å². The Morgan fingerprint density at radius 2 is 2.04 bits per heavy atom. The zero-order valence-electron chi connectivity index (χ0n) is 12.1. The number of halogens is 1. The van der Waals surface area contributed by atoms with Crippen LogP contribution in [0, 0.1) is 10.1 Å². The van der Waals surface area contributed by atoms with Gasteiger partial charge in [0.1, 0.15) is 16.5 Å². The monoisotopic (exact) mass is 343 g/mol. The Morgan fingerprint density at radius 1 is 1.21 bits per heavy atom. The first-order valence-corrected chi connectivity index (χ1v) is 7.22. The average Bonchev–Trinajstić information content (AvgIpc) is 3.24. The minimum Gasteiger partial charge on any atom is -0.461 e. The van der Waals surface area contributed by atoms with Crippen molar-refractivity contribution >= 4 is 29.1 Å². The number of rotatable bonds is 5. The van der Waals surface area contributed by atoms with Gasteiger partial charge >= 0.3 is 0 Å². The largest absolute Gasteiger partial charge is 0.461 e. The van der Waals surface area contributed by atoms with E-state index >= 15 is 0 Å². The van der Waals surface area contributed by atoms with E-state index in [0.29, 0.717) is 17.1 Å². The lowest BCUT2D eigenvalue weighted by molar-refractivity contribution is -0.384. The number of furan rings is 2. The molecule has 3 aromatic rings. The predicted molar refractivity (Wildman–Crippen MR) is 87.9 cm³/mol. The first kappa shape index (κ1) is 15.8. The van der Waals surface area contributed by atoms with Crippen LogP contribution in [0.3, 0.4) is 0 Å². The lowest BCUT2D eigenvalue weighted by atomic mass is 10.1. The van der Waals surface area contributed by atoms with Gasteiger partial charge < -0.3 is 8.83 Å². The molecule has 2 aromatic heterocycles. The number of nitrogens with zero attached hydrogens (tertiary/aromatic N) is 1. The molecular formula is C17H10ClNO5. The fourth-order valence-electron chi connectivity index (χ4n) is 2.06. The number of nitro groups is 1. The van der Waals surface area contributed by atoms with E-state index < -0.39 is 4.92 Å². The molecule has 0 aliphatic carbocycles. The van der Waals surface area contributed by atoms with Gasteiger partial charge in [0.2, 0.25) is 5.78 Å². The van der Waals surface area contributed by atoms with Gasteiger partial charge in [-0.2, -0.15) is 0 Å². The number of benzene rings is 1. The van der Waals surface area contributed by atoms with Crippen molar-refractivity contribution < 1.29 is 18.6 Å². The summed E-state index contributed by atoms with van der Waals surface area (Å²) >= 11 is 5.79. The highest BCUT2D eigenvalue weighted by Gasteiger charge is 2.15. The standard InChI is InChI=1S/C17H10ClNO5/c18-13-6-3-11(10-14(13)19(21)22)16-8-5-12(24-16)4-7-15(20)17-2-1-9-23-17/h1-10H. The van der Waals surface area contributed by atoms with Gasteiger partial charge in [-0.25, -0.2) is 0 Å². The van der Waals surface area contributed by atoms with E-state index in [1.54, 1.807) is 30.3 Å². The summed E-state index contributed by atoms with van der Waals surface area (Å²) in [6.07, 6.45) is 4.24. The molecule has 0 unspecified atom stereocenters. The third-order valence-corrected chi connectivity index (χ3v) is 3.54. The van der Waals surface area contributed by atoms with Gasteiger partial charge in [-0.3, -0.25) is 14.9 Å². The maximum absolute atomic E-state index is 11.8. The topological polar surface area (TPSA) is 86.5 Å². The normalized spacial score (nSPS) is 11.0. The molecule has 0 radical (unpaired) electrons. The van der Waals surface area contributed by atoms with Crippen molar-refractivity contribution in [2.24, 2.45) is 0 Å². The lowest BCUT2D eigenvalue weighted by Crippen LogP contribution is -1.90. The molecule has 0 saturated carbocycles. The van der Waals surface area contributed by atoms with Crippen molar-refractivity contribution in [3.05, 3.63) is 81.5 Å². The van der Waals surface area contributed by atoms with Crippen LogP contribution in [-0.2, 0) is 0 Å². The van der Waals surface area contributed by atoms with Crippen molar-refractivity contribution in [3.63, 3.8) is 0 Å². The first-order valence-electron chi connectivity index (χ1n) is 6.84. The second-order valence-corrected chi connectivity index (χ2v) is 5.21. The molecule has 6 nitrogen and oxygen atoms in total. The lowest BCUT2D eigenvalue weighted by Gasteiger charge is -1.99. The van der Waals surface area contributed by atoms with Crippen molar-refractivity contribution in [2.75, 3.05) is 0 Å². The van der Waals surface area contributed by atoms with Crippen LogP contribution >= 0.6 is 11.6 Å². The quantitative estimate of drug-likeness (QED) is 0.281. The summed E-state index contributed by atoms with van der Waals surface area (Å²) in [6, 6.07) is 10.9. The summed E-state index contributed by atoms with van der Waals surface area (Å²) in [6.45, 7) is 0. The van der Waals surface area contributed by atoms with E-state index in [1.165, 1.54) is 30.5 Å². The van der Waals surface area contributed by atoms with E-state index in [9.17, 15) is 14.9 Å². The Bertz CT molecular complexity index is 924. The number of carbonyl (C=O) groups is 1. The number of hydrogen-bond donors (Lipinski definition) is 0. The number of carbonyl (C=O) groups excluding carboxylic acids is 1. The number of ketones is 1. The average molecular weight is 344 g/mol. The van der Waals surface area contributed by atoms with Gasteiger partial charge in [-0.15, -0.1) is 0 Å². The van der Waals surface area contributed by atoms with Crippen molar-refractivity contribution in [2.45, 2.75) is 0 Å². The minimum absolute atomic E-state index is 0.0551. The third kappa shape index (κ3) is 3.28. The van der Waals surface area contributed by atoms with Gasteiger partial charge in [0.05, 0.1) is 11.2 Å². The van der Waals surface area contributed by atoms with Gasteiger partial charge in [-0.05, 0) is 48.6 Å². The van der Waals surface area contributed by atoms with E-state index in [-0.39, 0.29) is 22.3 Å². The SMILES string of the molecule is O=C(C=Cc1ccc(-c2ccc(Cl)c([N+](=O)[O-])c2)o1)c1ccco1. The minimum atomic E-state index is -0.558.